The predicted molar refractivity (Wildman–Crippen MR) is 124 cm³/mol. The van der Waals surface area contributed by atoms with E-state index in [9.17, 15) is 0 Å². The van der Waals surface area contributed by atoms with Gasteiger partial charge in [0.2, 0.25) is 8.32 Å². The second-order valence-corrected chi connectivity index (χ2v) is 13.5. The van der Waals surface area contributed by atoms with Crippen LogP contribution in [0.25, 0.3) is 5.76 Å². The van der Waals surface area contributed by atoms with Gasteiger partial charge in [-0.05, 0) is 29.8 Å². The fourth-order valence-electron chi connectivity index (χ4n) is 2.49. The first-order valence-electron chi connectivity index (χ1n) is 9.83. The van der Waals surface area contributed by atoms with Crippen molar-refractivity contribution >= 4 is 20.3 Å². The topological polar surface area (TPSA) is 24.8 Å². The molecule has 0 heterocycles. The Bertz CT molecular complexity index is 790. The van der Waals surface area contributed by atoms with Crippen LogP contribution in [-0.2, 0) is 4.43 Å². The molecule has 0 aliphatic rings. The van der Waals surface area contributed by atoms with Gasteiger partial charge in [-0.3, -0.25) is 0 Å². The van der Waals surface area contributed by atoms with E-state index in [4.69, 9.17) is 4.43 Å². The zero-order valence-electron chi connectivity index (χ0n) is 18.3. The molecule has 0 fully saturated rings. The molecule has 2 aromatic rings. The second-order valence-electron chi connectivity index (χ2n) is 8.81. The van der Waals surface area contributed by atoms with Crippen LogP contribution in [-0.4, -0.2) is 33.6 Å². The predicted octanol–water partition coefficient (Wildman–Crippen LogP) is 6.38. The number of hydrogen-bond acceptors (Lipinski definition) is 3. The summed E-state index contributed by atoms with van der Waals surface area (Å²) in [6.07, 6.45) is 4.19. The quantitative estimate of drug-likeness (QED) is 0.235. The summed E-state index contributed by atoms with van der Waals surface area (Å²) in [5, 5.41) is 6.46. The van der Waals surface area contributed by atoms with E-state index in [0.717, 1.165) is 11.3 Å². The van der Waals surface area contributed by atoms with Crippen LogP contribution in [0, 0.1) is 0 Å². The second kappa shape index (κ2) is 9.24. The number of allylic oxidation sites excluding steroid dienone is 1. The molecule has 3 nitrogen and oxygen atoms in total. The average molecular weight is 395 g/mol. The van der Waals surface area contributed by atoms with Gasteiger partial charge in [-0.25, -0.2) is 0 Å². The lowest BCUT2D eigenvalue weighted by atomic mass is 9.98. The Hall–Kier alpha value is -2.33. The van der Waals surface area contributed by atoms with Crippen LogP contribution in [0.1, 0.15) is 37.8 Å². The Morgan fingerprint density at radius 3 is 2.00 bits per heavy atom. The minimum absolute atomic E-state index is 0.0311. The highest BCUT2D eigenvalue weighted by molar-refractivity contribution is 6.74. The van der Waals surface area contributed by atoms with E-state index in [1.807, 2.05) is 37.5 Å². The average Bonchev–Trinajstić information content (AvgIpc) is 2.64. The Morgan fingerprint density at radius 2 is 1.50 bits per heavy atom. The van der Waals surface area contributed by atoms with E-state index < -0.39 is 8.32 Å². The molecular formula is C24H34N2OSi. The zero-order chi connectivity index (χ0) is 20.8. The van der Waals surface area contributed by atoms with Crippen molar-refractivity contribution in [1.29, 1.82) is 0 Å². The summed E-state index contributed by atoms with van der Waals surface area (Å²) in [5.74, 6) is 0.967. The van der Waals surface area contributed by atoms with Crippen molar-refractivity contribution in [2.75, 3.05) is 14.1 Å². The summed E-state index contributed by atoms with van der Waals surface area (Å²) in [6.45, 7) is 11.4. The van der Waals surface area contributed by atoms with Gasteiger partial charge in [-0.15, -0.1) is 0 Å². The van der Waals surface area contributed by atoms with Gasteiger partial charge in [-0.2, -0.15) is 5.10 Å². The van der Waals surface area contributed by atoms with Crippen LogP contribution in [0.2, 0.25) is 18.1 Å². The minimum atomic E-state index is -1.99. The third-order valence-corrected chi connectivity index (χ3v) is 9.55. The van der Waals surface area contributed by atoms with Crippen LogP contribution < -0.4 is 0 Å². The molecule has 0 bridgehead atoms. The van der Waals surface area contributed by atoms with Crippen molar-refractivity contribution in [2.24, 2.45) is 5.10 Å². The number of hydrogen-bond donors (Lipinski definition) is 0. The van der Waals surface area contributed by atoms with Gasteiger partial charge in [0, 0.05) is 31.8 Å². The first-order chi connectivity index (χ1) is 13.1. The van der Waals surface area contributed by atoms with Crippen LogP contribution in [0.5, 0.6) is 0 Å². The summed E-state index contributed by atoms with van der Waals surface area (Å²) in [7, 11) is 1.89. The highest BCUT2D eigenvalue weighted by Gasteiger charge is 2.39. The maximum absolute atomic E-state index is 6.77. The Morgan fingerprint density at radius 1 is 0.964 bits per heavy atom. The monoisotopic (exact) mass is 394 g/mol. The van der Waals surface area contributed by atoms with E-state index in [1.165, 1.54) is 5.56 Å². The molecule has 0 saturated carbocycles. The van der Waals surface area contributed by atoms with E-state index in [-0.39, 0.29) is 11.0 Å². The highest BCUT2D eigenvalue weighted by atomic mass is 28.4. The van der Waals surface area contributed by atoms with Crippen LogP contribution >= 0.6 is 0 Å². The molecule has 0 aromatic heterocycles. The van der Waals surface area contributed by atoms with Gasteiger partial charge in [0.1, 0.15) is 5.76 Å². The summed E-state index contributed by atoms with van der Waals surface area (Å²) in [6, 6.07) is 20.8. The van der Waals surface area contributed by atoms with E-state index >= 15 is 0 Å². The van der Waals surface area contributed by atoms with Gasteiger partial charge < -0.3 is 9.43 Å². The van der Waals surface area contributed by atoms with Crippen molar-refractivity contribution in [2.45, 2.75) is 44.8 Å². The molecular weight excluding hydrogens is 360 g/mol. The number of benzene rings is 2. The maximum atomic E-state index is 6.77. The Labute approximate surface area is 171 Å². The molecule has 2 aromatic carbocycles. The normalized spacial score (nSPS) is 14.2. The third-order valence-electron chi connectivity index (χ3n) is 5.20. The van der Waals surface area contributed by atoms with Crippen molar-refractivity contribution in [3.05, 3.63) is 77.9 Å². The smallest absolute Gasteiger partial charge is 0.250 e. The SMILES string of the molecule is CN(C)/N=C/C(/C=C(/O[Si](C)(C)C(C)(C)C)c1ccccc1)c1ccccc1. The Kier molecular flexibility index (Phi) is 7.25. The molecule has 0 radical (unpaired) electrons. The van der Waals surface area contributed by atoms with Gasteiger partial charge in [0.15, 0.2) is 0 Å². The lowest BCUT2D eigenvalue weighted by Gasteiger charge is -2.37. The van der Waals surface area contributed by atoms with Crippen LogP contribution in [0.15, 0.2) is 71.8 Å². The van der Waals surface area contributed by atoms with E-state index in [2.05, 4.69) is 93.6 Å². The lowest BCUT2D eigenvalue weighted by Crippen LogP contribution is -2.40. The van der Waals surface area contributed by atoms with Crippen LogP contribution in [0.4, 0.5) is 0 Å². The molecule has 1 atom stereocenters. The largest absolute Gasteiger partial charge is 0.543 e. The van der Waals surface area contributed by atoms with Crippen LogP contribution in [0.3, 0.4) is 0 Å². The maximum Gasteiger partial charge on any atom is 0.250 e. The molecule has 28 heavy (non-hydrogen) atoms. The standard InChI is InChI=1S/C24H34N2OSi/c1-24(2,3)28(6,7)27-23(21-16-12-9-13-17-21)18-22(19-25-26(4)5)20-14-10-8-11-15-20/h8-19,22H,1-7H3/b23-18+,25-19+. The van der Waals surface area contributed by atoms with Gasteiger partial charge in [-0.1, -0.05) is 81.4 Å². The lowest BCUT2D eigenvalue weighted by molar-refractivity contribution is 0.438. The first-order valence-corrected chi connectivity index (χ1v) is 12.7. The molecule has 0 spiro atoms. The van der Waals surface area contributed by atoms with E-state index in [1.54, 1.807) is 0 Å². The number of nitrogens with zero attached hydrogens (tertiary/aromatic N) is 2. The number of hydrazone groups is 1. The van der Waals surface area contributed by atoms with Gasteiger partial charge in [0.25, 0.3) is 0 Å². The van der Waals surface area contributed by atoms with Gasteiger partial charge in [0.05, 0.1) is 0 Å². The molecule has 0 N–H and O–H groups in total. The van der Waals surface area contributed by atoms with Crippen molar-refractivity contribution < 1.29 is 4.43 Å². The van der Waals surface area contributed by atoms with E-state index in [0.29, 0.717) is 0 Å². The molecule has 4 heteroatoms. The highest BCUT2D eigenvalue weighted by Crippen LogP contribution is 2.40. The van der Waals surface area contributed by atoms with Crippen molar-refractivity contribution in [3.63, 3.8) is 0 Å². The Balaban J connectivity index is 2.53. The summed E-state index contributed by atoms with van der Waals surface area (Å²) >= 11 is 0. The van der Waals surface area contributed by atoms with Crippen molar-refractivity contribution in [3.8, 4) is 0 Å². The molecule has 0 aliphatic carbocycles. The summed E-state index contributed by atoms with van der Waals surface area (Å²) < 4.78 is 6.77. The fourth-order valence-corrected chi connectivity index (χ4v) is 3.53. The van der Waals surface area contributed by atoms with Crippen molar-refractivity contribution in [1.82, 2.24) is 5.01 Å². The molecule has 0 saturated heterocycles. The van der Waals surface area contributed by atoms with Gasteiger partial charge >= 0.3 is 0 Å². The molecule has 150 valence electrons. The molecule has 1 unspecified atom stereocenters. The molecule has 0 aliphatic heterocycles. The third kappa shape index (κ3) is 6.09. The minimum Gasteiger partial charge on any atom is -0.543 e. The first kappa shape index (κ1) is 22.0. The number of rotatable bonds is 7. The molecule has 2 rings (SSSR count). The zero-order valence-corrected chi connectivity index (χ0v) is 19.3. The molecule has 0 amide bonds. The fraction of sp³-hybridized carbons (Fsp3) is 0.375. The summed E-state index contributed by atoms with van der Waals surface area (Å²) in [4.78, 5) is 0. The summed E-state index contributed by atoms with van der Waals surface area (Å²) in [5.41, 5.74) is 2.30.